The number of hydrogen-bond acceptors (Lipinski definition) is 7. The molecule has 0 fully saturated rings. The molecule has 11 heteroatoms. The van der Waals surface area contributed by atoms with Crippen LogP contribution in [0.15, 0.2) is 48.5 Å². The van der Waals surface area contributed by atoms with Crippen LogP contribution in [-0.2, 0) is 22.6 Å². The summed E-state index contributed by atoms with van der Waals surface area (Å²) in [6, 6.07) is 14.3. The van der Waals surface area contributed by atoms with Gasteiger partial charge in [-0.2, -0.15) is 0 Å². The van der Waals surface area contributed by atoms with Crippen LogP contribution in [-0.4, -0.2) is 67.3 Å². The molecule has 1 atom stereocenters. The zero-order chi connectivity index (χ0) is 29.5. The lowest BCUT2D eigenvalue weighted by molar-refractivity contribution is 0.0442. The van der Waals surface area contributed by atoms with E-state index in [1.54, 1.807) is 39.9 Å². The second-order valence-electron chi connectivity index (χ2n) is 10.2. The smallest absolute Gasteiger partial charge is 0.410 e. The van der Waals surface area contributed by atoms with Crippen molar-refractivity contribution in [3.8, 4) is 11.5 Å². The highest BCUT2D eigenvalue weighted by Gasteiger charge is 2.23. The van der Waals surface area contributed by atoms with Gasteiger partial charge < -0.3 is 34.7 Å². The zero-order valence-corrected chi connectivity index (χ0v) is 23.9. The Labute approximate surface area is 235 Å². The molecule has 0 radical (unpaired) electrons. The number of rotatable bonds is 14. The lowest BCUT2D eigenvalue weighted by atomic mass is 10.1. The number of amides is 3. The first-order chi connectivity index (χ1) is 19.0. The largest absolute Gasteiger partial charge is 0.497 e. The summed E-state index contributed by atoms with van der Waals surface area (Å²) < 4.78 is 21.5. The van der Waals surface area contributed by atoms with Crippen LogP contribution in [0.2, 0.25) is 0 Å². The van der Waals surface area contributed by atoms with Crippen LogP contribution < -0.4 is 20.1 Å². The number of carbonyl (C=O) groups is 3. The van der Waals surface area contributed by atoms with Crippen LogP contribution in [0.1, 0.15) is 51.2 Å². The fourth-order valence-corrected chi connectivity index (χ4v) is 3.73. The molecule has 0 aromatic heterocycles. The van der Waals surface area contributed by atoms with E-state index >= 15 is 0 Å². The first-order valence-electron chi connectivity index (χ1n) is 13.1. The number of carboxylic acid groups (broad SMARTS) is 1. The molecule has 2 aromatic rings. The molecule has 0 bridgehead atoms. The molecule has 220 valence electrons. The standard InChI is InChI=1S/C29H41N3O8/c1-29(2,3)40-27(35)31-23(8-6-7-17-30-26(33)34)20-39-28(36)32(18-21-9-13-24(37-4)14-10-21)19-22-11-15-25(38-5)16-12-22/h9-16,23,30H,6-8,17-20H2,1-5H3,(H,31,35)(H,33,34). The molecule has 3 amide bonds. The average molecular weight is 560 g/mol. The number of hydrogen-bond donors (Lipinski definition) is 3. The molecule has 2 aromatic carbocycles. The van der Waals surface area contributed by atoms with E-state index in [0.717, 1.165) is 11.1 Å². The van der Waals surface area contributed by atoms with Crippen molar-refractivity contribution in [1.29, 1.82) is 0 Å². The van der Waals surface area contributed by atoms with Gasteiger partial charge in [-0.05, 0) is 75.4 Å². The summed E-state index contributed by atoms with van der Waals surface area (Å²) in [7, 11) is 3.18. The Kier molecular flexibility index (Phi) is 12.9. The third-order valence-corrected chi connectivity index (χ3v) is 5.71. The second kappa shape index (κ2) is 16.1. The number of nitrogens with zero attached hydrogens (tertiary/aromatic N) is 1. The van der Waals surface area contributed by atoms with Gasteiger partial charge in [0.1, 0.15) is 23.7 Å². The highest BCUT2D eigenvalue weighted by molar-refractivity contribution is 5.69. The third-order valence-electron chi connectivity index (χ3n) is 5.71. The molecule has 11 nitrogen and oxygen atoms in total. The Bertz CT molecular complexity index is 1020. The number of alkyl carbamates (subject to hydrolysis) is 1. The summed E-state index contributed by atoms with van der Waals surface area (Å²) in [5.74, 6) is 1.42. The first-order valence-corrected chi connectivity index (χ1v) is 13.1. The van der Waals surface area contributed by atoms with Gasteiger partial charge in [0.25, 0.3) is 0 Å². The van der Waals surface area contributed by atoms with Crippen molar-refractivity contribution in [1.82, 2.24) is 15.5 Å². The lowest BCUT2D eigenvalue weighted by Gasteiger charge is -2.26. The number of ether oxygens (including phenoxy) is 4. The fraction of sp³-hybridized carbons (Fsp3) is 0.483. The Hall–Kier alpha value is -4.15. The van der Waals surface area contributed by atoms with E-state index in [0.29, 0.717) is 43.9 Å². The van der Waals surface area contributed by atoms with E-state index in [1.807, 2.05) is 48.5 Å². The van der Waals surface area contributed by atoms with E-state index in [1.165, 1.54) is 0 Å². The van der Waals surface area contributed by atoms with Crippen molar-refractivity contribution in [3.63, 3.8) is 0 Å². The SMILES string of the molecule is COc1ccc(CN(Cc2ccc(OC)cc2)C(=O)OCC(CCCCNC(=O)O)NC(=O)OC(C)(C)C)cc1. The van der Waals surface area contributed by atoms with Gasteiger partial charge >= 0.3 is 18.3 Å². The molecule has 3 N–H and O–H groups in total. The fourth-order valence-electron chi connectivity index (χ4n) is 3.73. The summed E-state index contributed by atoms with van der Waals surface area (Å²) in [5.41, 5.74) is 1.09. The van der Waals surface area contributed by atoms with Crippen LogP contribution >= 0.6 is 0 Å². The zero-order valence-electron chi connectivity index (χ0n) is 23.9. The molecule has 0 saturated carbocycles. The van der Waals surface area contributed by atoms with Crippen LogP contribution in [0, 0.1) is 0 Å². The number of carbonyl (C=O) groups excluding carboxylic acids is 2. The lowest BCUT2D eigenvalue weighted by Crippen LogP contribution is -2.43. The Morgan fingerprint density at radius 1 is 0.875 bits per heavy atom. The quantitative estimate of drug-likeness (QED) is 0.270. The van der Waals surface area contributed by atoms with E-state index in [9.17, 15) is 14.4 Å². The van der Waals surface area contributed by atoms with E-state index in [2.05, 4.69) is 10.6 Å². The monoisotopic (exact) mass is 559 g/mol. The van der Waals surface area contributed by atoms with Crippen LogP contribution in [0.4, 0.5) is 14.4 Å². The molecule has 0 aliphatic carbocycles. The third kappa shape index (κ3) is 12.6. The maximum atomic E-state index is 13.3. The minimum atomic E-state index is -1.09. The number of unbranched alkanes of at least 4 members (excludes halogenated alkanes) is 1. The number of methoxy groups -OCH3 is 2. The molecular formula is C29H41N3O8. The maximum Gasteiger partial charge on any atom is 0.410 e. The van der Waals surface area contributed by atoms with Gasteiger partial charge in [-0.3, -0.25) is 4.90 Å². The van der Waals surface area contributed by atoms with Crippen molar-refractivity contribution in [2.24, 2.45) is 0 Å². The summed E-state index contributed by atoms with van der Waals surface area (Å²) in [4.78, 5) is 38.0. The second-order valence-corrected chi connectivity index (χ2v) is 10.2. The van der Waals surface area contributed by atoms with E-state index in [4.69, 9.17) is 24.1 Å². The minimum Gasteiger partial charge on any atom is -0.497 e. The van der Waals surface area contributed by atoms with Gasteiger partial charge in [-0.25, -0.2) is 14.4 Å². The molecule has 0 heterocycles. The predicted octanol–water partition coefficient (Wildman–Crippen LogP) is 5.17. The summed E-state index contributed by atoms with van der Waals surface area (Å²) in [5, 5.41) is 13.8. The van der Waals surface area contributed by atoms with Crippen LogP contribution in [0.25, 0.3) is 0 Å². The van der Waals surface area contributed by atoms with Crippen molar-refractivity contribution in [3.05, 3.63) is 59.7 Å². The molecule has 0 aliphatic rings. The Morgan fingerprint density at radius 3 is 1.85 bits per heavy atom. The maximum absolute atomic E-state index is 13.3. The minimum absolute atomic E-state index is 0.0772. The highest BCUT2D eigenvalue weighted by Crippen LogP contribution is 2.18. The summed E-state index contributed by atoms with van der Waals surface area (Å²) in [6.45, 7) is 6.07. The molecule has 0 saturated heterocycles. The molecule has 40 heavy (non-hydrogen) atoms. The predicted molar refractivity (Wildman–Crippen MR) is 150 cm³/mol. The molecule has 2 rings (SSSR count). The van der Waals surface area contributed by atoms with Crippen LogP contribution in [0.5, 0.6) is 11.5 Å². The Balaban J connectivity index is 2.10. The van der Waals surface area contributed by atoms with Crippen molar-refractivity contribution in [2.45, 2.75) is 64.8 Å². The van der Waals surface area contributed by atoms with Gasteiger partial charge in [0.2, 0.25) is 0 Å². The average Bonchev–Trinajstić information content (AvgIpc) is 2.90. The number of benzene rings is 2. The normalized spacial score (nSPS) is 11.6. The van der Waals surface area contributed by atoms with Gasteiger partial charge in [-0.15, -0.1) is 0 Å². The first kappa shape index (κ1) is 32.1. The molecule has 0 spiro atoms. The van der Waals surface area contributed by atoms with Gasteiger partial charge in [-0.1, -0.05) is 24.3 Å². The van der Waals surface area contributed by atoms with Gasteiger partial charge in [0, 0.05) is 19.6 Å². The van der Waals surface area contributed by atoms with E-state index in [-0.39, 0.29) is 13.2 Å². The molecule has 0 aliphatic heterocycles. The van der Waals surface area contributed by atoms with Crippen molar-refractivity contribution in [2.75, 3.05) is 27.4 Å². The van der Waals surface area contributed by atoms with Gasteiger partial charge in [0.15, 0.2) is 0 Å². The molecule has 1 unspecified atom stereocenters. The van der Waals surface area contributed by atoms with Crippen molar-refractivity contribution >= 4 is 18.3 Å². The summed E-state index contributed by atoms with van der Waals surface area (Å²) in [6.07, 6.45) is -0.634. The topological polar surface area (TPSA) is 136 Å². The number of nitrogens with one attached hydrogen (secondary N) is 2. The van der Waals surface area contributed by atoms with Crippen LogP contribution in [0.3, 0.4) is 0 Å². The van der Waals surface area contributed by atoms with Crippen molar-refractivity contribution < 1.29 is 38.4 Å². The summed E-state index contributed by atoms with van der Waals surface area (Å²) >= 11 is 0. The van der Waals surface area contributed by atoms with E-state index < -0.39 is 29.9 Å². The Morgan fingerprint density at radius 2 is 1.40 bits per heavy atom. The van der Waals surface area contributed by atoms with Gasteiger partial charge in [0.05, 0.1) is 20.3 Å². The highest BCUT2D eigenvalue weighted by atomic mass is 16.6. The molecular weight excluding hydrogens is 518 g/mol.